The third-order valence-corrected chi connectivity index (χ3v) is 7.14. The topological polar surface area (TPSA) is 90.2 Å². The average molecular weight is 414 g/mol. The van der Waals surface area contributed by atoms with Crippen molar-refractivity contribution in [1.82, 2.24) is 8.87 Å². The number of sulfonamides is 1. The number of fused-ring (bicyclic) bond motifs is 1. The smallest absolute Gasteiger partial charge is 0.252 e. The van der Waals surface area contributed by atoms with Gasteiger partial charge in [0.2, 0.25) is 10.0 Å². The molecule has 2 aromatic rings. The van der Waals surface area contributed by atoms with E-state index in [1.807, 2.05) is 19.2 Å². The summed E-state index contributed by atoms with van der Waals surface area (Å²) >= 11 is 1.34. The highest BCUT2D eigenvalue weighted by molar-refractivity contribution is 7.88. The Morgan fingerprint density at radius 1 is 1.26 bits per heavy atom. The van der Waals surface area contributed by atoms with Crippen molar-refractivity contribution in [3.05, 3.63) is 16.9 Å². The molecule has 10 heteroatoms. The zero-order valence-electron chi connectivity index (χ0n) is 15.8. The summed E-state index contributed by atoms with van der Waals surface area (Å²) < 4.78 is 38.4. The van der Waals surface area contributed by atoms with E-state index in [0.29, 0.717) is 35.7 Å². The highest BCUT2D eigenvalue weighted by Crippen LogP contribution is 2.34. The lowest BCUT2D eigenvalue weighted by Crippen LogP contribution is -2.41. The molecular weight excluding hydrogens is 390 g/mol. The summed E-state index contributed by atoms with van der Waals surface area (Å²) in [5.74, 6) is 0.617. The first-order valence-electron chi connectivity index (χ1n) is 8.50. The first kappa shape index (κ1) is 19.8. The Morgan fingerprint density at radius 2 is 1.93 bits per heavy atom. The largest absolute Gasteiger partial charge is 0.495 e. The molecule has 0 saturated carbocycles. The van der Waals surface area contributed by atoms with Crippen LogP contribution in [-0.2, 0) is 21.9 Å². The molecule has 1 aromatic carbocycles. The lowest BCUT2D eigenvalue weighted by molar-refractivity contribution is -0.122. The van der Waals surface area contributed by atoms with Gasteiger partial charge < -0.3 is 14.0 Å². The highest BCUT2D eigenvalue weighted by Gasteiger charge is 2.30. The lowest BCUT2D eigenvalue weighted by atomic mass is 9.99. The van der Waals surface area contributed by atoms with Crippen molar-refractivity contribution < 1.29 is 22.7 Å². The monoisotopic (exact) mass is 413 g/mol. The van der Waals surface area contributed by atoms with Crippen molar-refractivity contribution in [1.29, 1.82) is 0 Å². The van der Waals surface area contributed by atoms with Crippen LogP contribution in [0.5, 0.6) is 11.5 Å². The van der Waals surface area contributed by atoms with E-state index in [1.165, 1.54) is 21.9 Å². The molecule has 1 fully saturated rings. The van der Waals surface area contributed by atoms with E-state index in [2.05, 4.69) is 4.99 Å². The summed E-state index contributed by atoms with van der Waals surface area (Å²) in [6.45, 7) is 0.635. The van der Waals surface area contributed by atoms with Gasteiger partial charge in [0, 0.05) is 20.1 Å². The van der Waals surface area contributed by atoms with E-state index < -0.39 is 15.9 Å². The number of hydrogen-bond donors (Lipinski definition) is 0. The summed E-state index contributed by atoms with van der Waals surface area (Å²) in [4.78, 5) is 17.5. The van der Waals surface area contributed by atoms with Crippen LogP contribution < -0.4 is 14.3 Å². The minimum atomic E-state index is -3.31. The predicted octanol–water partition coefficient (Wildman–Crippen LogP) is 1.36. The molecule has 1 amide bonds. The molecule has 1 saturated heterocycles. The molecule has 0 unspecified atom stereocenters. The number of rotatable bonds is 4. The molecule has 1 aliphatic heterocycles. The standard InChI is InChI=1S/C17H23N3O5S2/c1-19-14-12(24-2)7-8-13(25-3)15(14)26-17(19)18-16(21)11-6-5-9-20(10-11)27(4,22)23/h7-8,11H,5-6,9-10H2,1-4H3/t11-/m0/s1. The maximum Gasteiger partial charge on any atom is 0.252 e. The Balaban J connectivity index is 2.00. The molecule has 1 aromatic heterocycles. The predicted molar refractivity (Wildman–Crippen MR) is 104 cm³/mol. The lowest BCUT2D eigenvalue weighted by Gasteiger charge is -2.28. The quantitative estimate of drug-likeness (QED) is 0.755. The van der Waals surface area contributed by atoms with Crippen LogP contribution in [-0.4, -0.2) is 56.8 Å². The number of carbonyl (C=O) groups is 1. The second-order valence-corrected chi connectivity index (χ2v) is 9.46. The molecular formula is C17H23N3O5S2. The number of aryl methyl sites for hydroxylation is 1. The van der Waals surface area contributed by atoms with Gasteiger partial charge in [-0.2, -0.15) is 4.99 Å². The van der Waals surface area contributed by atoms with Crippen LogP contribution in [0, 0.1) is 5.92 Å². The van der Waals surface area contributed by atoms with Crippen molar-refractivity contribution in [2.45, 2.75) is 12.8 Å². The van der Waals surface area contributed by atoms with Gasteiger partial charge in [0.1, 0.15) is 21.7 Å². The summed E-state index contributed by atoms with van der Waals surface area (Å²) in [6, 6.07) is 3.62. The third kappa shape index (κ3) is 3.87. The molecule has 0 bridgehead atoms. The van der Waals surface area contributed by atoms with Crippen LogP contribution >= 0.6 is 11.3 Å². The number of ether oxygens (including phenoxy) is 2. The minimum absolute atomic E-state index is 0.183. The Bertz CT molecular complexity index is 1040. The second-order valence-electron chi connectivity index (χ2n) is 6.50. The van der Waals surface area contributed by atoms with Gasteiger partial charge in [-0.25, -0.2) is 12.7 Å². The molecule has 0 spiro atoms. The van der Waals surface area contributed by atoms with Gasteiger partial charge in [0.25, 0.3) is 5.91 Å². The molecule has 1 atom stereocenters. The van der Waals surface area contributed by atoms with Gasteiger partial charge in [-0.1, -0.05) is 11.3 Å². The molecule has 27 heavy (non-hydrogen) atoms. The number of carbonyl (C=O) groups excluding carboxylic acids is 1. The van der Waals surface area contributed by atoms with Gasteiger partial charge in [-0.3, -0.25) is 4.79 Å². The Morgan fingerprint density at radius 3 is 2.56 bits per heavy atom. The zero-order valence-corrected chi connectivity index (χ0v) is 17.4. The van der Waals surface area contributed by atoms with E-state index in [0.717, 1.165) is 10.2 Å². The zero-order chi connectivity index (χ0) is 19.8. The number of aromatic nitrogens is 1. The van der Waals surface area contributed by atoms with Gasteiger partial charge in [-0.05, 0) is 25.0 Å². The minimum Gasteiger partial charge on any atom is -0.495 e. The van der Waals surface area contributed by atoms with Crippen LogP contribution in [0.25, 0.3) is 10.2 Å². The van der Waals surface area contributed by atoms with Crippen molar-refractivity contribution in [3.63, 3.8) is 0 Å². The van der Waals surface area contributed by atoms with Gasteiger partial charge in [0.15, 0.2) is 4.80 Å². The molecule has 3 rings (SSSR count). The number of methoxy groups -OCH3 is 2. The fourth-order valence-electron chi connectivity index (χ4n) is 3.26. The van der Waals surface area contributed by atoms with Gasteiger partial charge in [0.05, 0.1) is 26.4 Å². The second kappa shape index (κ2) is 7.61. The summed E-state index contributed by atoms with van der Waals surface area (Å²) in [7, 11) is 1.68. The van der Waals surface area contributed by atoms with E-state index in [-0.39, 0.29) is 12.5 Å². The van der Waals surface area contributed by atoms with Crippen molar-refractivity contribution in [2.24, 2.45) is 18.0 Å². The first-order chi connectivity index (χ1) is 12.8. The van der Waals surface area contributed by atoms with Crippen molar-refractivity contribution in [3.8, 4) is 11.5 Å². The molecule has 2 heterocycles. The normalized spacial score (nSPS) is 19.4. The maximum atomic E-state index is 12.7. The number of thiazole rings is 1. The van der Waals surface area contributed by atoms with E-state index >= 15 is 0 Å². The van der Waals surface area contributed by atoms with Crippen molar-refractivity contribution >= 4 is 37.5 Å². The fraction of sp³-hybridized carbons (Fsp3) is 0.529. The first-order valence-corrected chi connectivity index (χ1v) is 11.2. The fourth-order valence-corrected chi connectivity index (χ4v) is 5.30. The molecule has 0 radical (unpaired) electrons. The summed E-state index contributed by atoms with van der Waals surface area (Å²) in [6.07, 6.45) is 2.45. The van der Waals surface area contributed by atoms with Crippen LogP contribution in [0.15, 0.2) is 17.1 Å². The molecule has 8 nitrogen and oxygen atoms in total. The van der Waals surface area contributed by atoms with Crippen LogP contribution in [0.1, 0.15) is 12.8 Å². The van der Waals surface area contributed by atoms with E-state index in [4.69, 9.17) is 9.47 Å². The Kier molecular flexibility index (Phi) is 5.59. The van der Waals surface area contributed by atoms with Crippen molar-refractivity contribution in [2.75, 3.05) is 33.6 Å². The van der Waals surface area contributed by atoms with Gasteiger partial charge >= 0.3 is 0 Å². The Hall–Kier alpha value is -1.91. The van der Waals surface area contributed by atoms with Gasteiger partial charge in [-0.15, -0.1) is 0 Å². The number of benzene rings is 1. The van der Waals surface area contributed by atoms with Crippen LogP contribution in [0.2, 0.25) is 0 Å². The number of hydrogen-bond acceptors (Lipinski definition) is 6. The molecule has 0 N–H and O–H groups in total. The van der Waals surface area contributed by atoms with Crippen LogP contribution in [0.3, 0.4) is 0 Å². The molecule has 148 valence electrons. The molecule has 0 aliphatic carbocycles. The van der Waals surface area contributed by atoms with E-state index in [9.17, 15) is 13.2 Å². The third-order valence-electron chi connectivity index (χ3n) is 4.72. The number of nitrogens with zero attached hydrogens (tertiary/aromatic N) is 3. The maximum absolute atomic E-state index is 12.7. The number of amides is 1. The molecule has 1 aliphatic rings. The summed E-state index contributed by atoms with van der Waals surface area (Å²) in [5, 5.41) is 0. The Labute approximate surface area is 162 Å². The highest BCUT2D eigenvalue weighted by atomic mass is 32.2. The average Bonchev–Trinajstić information content (AvgIpc) is 2.97. The SMILES string of the molecule is COc1ccc(OC)c2c1sc(=NC(=O)[C@H]1CCCN(S(C)(=O)=O)C1)n2C. The number of piperidine rings is 1. The van der Waals surface area contributed by atoms with E-state index in [1.54, 1.807) is 18.8 Å². The van der Waals surface area contributed by atoms with Crippen LogP contribution in [0.4, 0.5) is 0 Å². The summed E-state index contributed by atoms with van der Waals surface area (Å²) in [5.41, 5.74) is 0.801.